The number of esters is 1. The average molecular weight is 239 g/mol. The summed E-state index contributed by atoms with van der Waals surface area (Å²) in [6, 6.07) is 1.75. The molecule has 5 nitrogen and oxygen atoms in total. The molecule has 1 heterocycles. The minimum atomic E-state index is -0.463. The maximum absolute atomic E-state index is 11.3. The molecule has 0 atom stereocenters. The third-order valence-corrected chi connectivity index (χ3v) is 3.23. The van der Waals surface area contributed by atoms with Crippen molar-refractivity contribution in [1.82, 2.24) is 5.32 Å². The van der Waals surface area contributed by atoms with Gasteiger partial charge in [0.1, 0.15) is 0 Å². The van der Waals surface area contributed by atoms with Crippen molar-refractivity contribution in [3.05, 3.63) is 23.7 Å². The number of hydrogen-bond acceptors (Lipinski definition) is 5. The van der Waals surface area contributed by atoms with Crippen molar-refractivity contribution in [3.8, 4) is 0 Å². The molecule has 0 aliphatic heterocycles. The van der Waals surface area contributed by atoms with Gasteiger partial charge in [-0.15, -0.1) is 0 Å². The molecule has 0 unspecified atom stereocenters. The second-order valence-corrected chi connectivity index (χ2v) is 4.53. The van der Waals surface area contributed by atoms with Crippen LogP contribution in [-0.2, 0) is 11.3 Å². The number of aliphatic hydroxyl groups excluding tert-OH is 1. The van der Waals surface area contributed by atoms with E-state index in [1.54, 1.807) is 6.07 Å². The number of rotatable bonds is 6. The minimum Gasteiger partial charge on any atom is -0.463 e. The second kappa shape index (κ2) is 4.89. The molecule has 0 spiro atoms. The van der Waals surface area contributed by atoms with Gasteiger partial charge in [-0.2, -0.15) is 0 Å². The van der Waals surface area contributed by atoms with Gasteiger partial charge in [0.2, 0.25) is 5.76 Å². The van der Waals surface area contributed by atoms with Gasteiger partial charge in [0.15, 0.2) is 0 Å². The van der Waals surface area contributed by atoms with E-state index in [1.165, 1.54) is 13.4 Å². The first-order valence-corrected chi connectivity index (χ1v) is 5.67. The first kappa shape index (κ1) is 12.1. The summed E-state index contributed by atoms with van der Waals surface area (Å²) in [7, 11) is 1.33. The lowest BCUT2D eigenvalue weighted by atomic mass is 10.1. The van der Waals surface area contributed by atoms with Crippen LogP contribution in [0.3, 0.4) is 0 Å². The highest BCUT2D eigenvalue weighted by Crippen LogP contribution is 2.44. The molecule has 0 amide bonds. The molecule has 0 bridgehead atoms. The summed E-state index contributed by atoms with van der Waals surface area (Å²) in [6.45, 7) is 1.52. The van der Waals surface area contributed by atoms with E-state index >= 15 is 0 Å². The van der Waals surface area contributed by atoms with Gasteiger partial charge in [-0.05, 0) is 18.9 Å². The fraction of sp³-hybridized carbons (Fsp3) is 0.583. The molecule has 0 aromatic carbocycles. The molecule has 2 rings (SSSR count). The molecule has 17 heavy (non-hydrogen) atoms. The Balaban J connectivity index is 1.87. The zero-order chi connectivity index (χ0) is 12.3. The fourth-order valence-corrected chi connectivity index (χ4v) is 1.78. The Bertz CT molecular complexity index is 395. The lowest BCUT2D eigenvalue weighted by Gasteiger charge is -2.12. The Kier molecular flexibility index (Phi) is 3.49. The van der Waals surface area contributed by atoms with Crippen LogP contribution in [0, 0.1) is 5.41 Å². The van der Waals surface area contributed by atoms with Crippen LogP contribution < -0.4 is 5.32 Å². The lowest BCUT2D eigenvalue weighted by Crippen LogP contribution is -2.26. The van der Waals surface area contributed by atoms with Crippen LogP contribution in [0.15, 0.2) is 16.7 Å². The number of hydrogen-bond donors (Lipinski definition) is 2. The van der Waals surface area contributed by atoms with Crippen LogP contribution in [0.1, 0.15) is 29.0 Å². The Labute approximate surface area is 99.8 Å². The lowest BCUT2D eigenvalue weighted by molar-refractivity contribution is 0.0563. The summed E-state index contributed by atoms with van der Waals surface area (Å²) in [6.07, 6.45) is 3.60. The van der Waals surface area contributed by atoms with Gasteiger partial charge in [0, 0.05) is 30.7 Å². The molecule has 2 N–H and O–H groups in total. The van der Waals surface area contributed by atoms with Crippen molar-refractivity contribution in [2.24, 2.45) is 5.41 Å². The summed E-state index contributed by atoms with van der Waals surface area (Å²) in [5, 5.41) is 12.4. The van der Waals surface area contributed by atoms with E-state index in [0.29, 0.717) is 6.54 Å². The van der Waals surface area contributed by atoms with Gasteiger partial charge >= 0.3 is 5.97 Å². The normalized spacial score (nSPS) is 16.8. The number of ether oxygens (including phenoxy) is 1. The van der Waals surface area contributed by atoms with Crippen molar-refractivity contribution in [2.75, 3.05) is 20.3 Å². The molecule has 1 fully saturated rings. The standard InChI is InChI=1S/C12H17NO4/c1-16-11(15)10-9(2-5-17-10)6-13-7-12(8-14)3-4-12/h2,5,13-14H,3-4,6-8H2,1H3. The molecule has 5 heteroatoms. The van der Waals surface area contributed by atoms with Gasteiger partial charge in [0.25, 0.3) is 0 Å². The Morgan fingerprint density at radius 2 is 2.41 bits per heavy atom. The summed E-state index contributed by atoms with van der Waals surface area (Å²) in [5.41, 5.74) is 0.848. The number of methoxy groups -OCH3 is 1. The van der Waals surface area contributed by atoms with Crippen LogP contribution in [0.25, 0.3) is 0 Å². The van der Waals surface area contributed by atoms with Crippen LogP contribution in [-0.4, -0.2) is 31.3 Å². The molecule has 1 aromatic rings. The summed E-state index contributed by atoms with van der Waals surface area (Å²) in [4.78, 5) is 11.3. The van der Waals surface area contributed by atoms with Gasteiger partial charge in [-0.1, -0.05) is 0 Å². The maximum atomic E-state index is 11.3. The first-order chi connectivity index (χ1) is 8.21. The summed E-state index contributed by atoms with van der Waals surface area (Å²) < 4.78 is 9.69. The SMILES string of the molecule is COC(=O)c1occc1CNCC1(CO)CC1. The molecular formula is C12H17NO4. The smallest absolute Gasteiger partial charge is 0.374 e. The predicted octanol–water partition coefficient (Wildman–Crippen LogP) is 0.928. The zero-order valence-electron chi connectivity index (χ0n) is 9.86. The highest BCUT2D eigenvalue weighted by Gasteiger charge is 2.41. The minimum absolute atomic E-state index is 0.0646. The number of furan rings is 1. The van der Waals surface area contributed by atoms with Crippen LogP contribution in [0.4, 0.5) is 0 Å². The van der Waals surface area contributed by atoms with E-state index in [1.807, 2.05) is 0 Å². The van der Waals surface area contributed by atoms with Crippen molar-refractivity contribution < 1.29 is 19.1 Å². The Morgan fingerprint density at radius 1 is 1.65 bits per heavy atom. The van der Waals surface area contributed by atoms with Crippen LogP contribution >= 0.6 is 0 Å². The molecule has 0 saturated heterocycles. The molecule has 1 aliphatic rings. The van der Waals surface area contributed by atoms with Crippen LogP contribution in [0.5, 0.6) is 0 Å². The summed E-state index contributed by atoms with van der Waals surface area (Å²) in [5.74, 6) is -0.219. The largest absolute Gasteiger partial charge is 0.463 e. The molecule has 1 aliphatic carbocycles. The maximum Gasteiger partial charge on any atom is 0.374 e. The Hall–Kier alpha value is -1.33. The van der Waals surface area contributed by atoms with E-state index in [9.17, 15) is 4.79 Å². The molecule has 1 saturated carbocycles. The average Bonchev–Trinajstić information content (AvgIpc) is 2.98. The van der Waals surface area contributed by atoms with Gasteiger partial charge < -0.3 is 19.6 Å². The van der Waals surface area contributed by atoms with E-state index in [0.717, 1.165) is 24.9 Å². The third-order valence-electron chi connectivity index (χ3n) is 3.23. The number of aliphatic hydroxyl groups is 1. The van der Waals surface area contributed by atoms with Crippen molar-refractivity contribution in [2.45, 2.75) is 19.4 Å². The number of carbonyl (C=O) groups is 1. The zero-order valence-corrected chi connectivity index (χ0v) is 9.86. The van der Waals surface area contributed by atoms with E-state index in [2.05, 4.69) is 10.1 Å². The predicted molar refractivity (Wildman–Crippen MR) is 60.5 cm³/mol. The fourth-order valence-electron chi connectivity index (χ4n) is 1.78. The topological polar surface area (TPSA) is 71.7 Å². The molecular weight excluding hydrogens is 222 g/mol. The summed E-state index contributed by atoms with van der Waals surface area (Å²) >= 11 is 0. The monoisotopic (exact) mass is 239 g/mol. The Morgan fingerprint density at radius 3 is 3.00 bits per heavy atom. The molecule has 0 radical (unpaired) electrons. The van der Waals surface area contributed by atoms with Gasteiger partial charge in [0.05, 0.1) is 13.4 Å². The van der Waals surface area contributed by atoms with E-state index in [4.69, 9.17) is 9.52 Å². The van der Waals surface area contributed by atoms with Crippen molar-refractivity contribution in [3.63, 3.8) is 0 Å². The van der Waals surface area contributed by atoms with Gasteiger partial charge in [-0.25, -0.2) is 4.79 Å². The number of carbonyl (C=O) groups excluding carboxylic acids is 1. The van der Waals surface area contributed by atoms with Crippen LogP contribution in [0.2, 0.25) is 0 Å². The van der Waals surface area contributed by atoms with E-state index in [-0.39, 0.29) is 17.8 Å². The van der Waals surface area contributed by atoms with Crippen molar-refractivity contribution in [1.29, 1.82) is 0 Å². The van der Waals surface area contributed by atoms with Gasteiger partial charge in [-0.3, -0.25) is 0 Å². The highest BCUT2D eigenvalue weighted by molar-refractivity contribution is 5.87. The second-order valence-electron chi connectivity index (χ2n) is 4.53. The van der Waals surface area contributed by atoms with Crippen molar-refractivity contribution >= 4 is 5.97 Å². The third kappa shape index (κ3) is 2.68. The molecule has 94 valence electrons. The first-order valence-electron chi connectivity index (χ1n) is 5.67. The van der Waals surface area contributed by atoms with E-state index < -0.39 is 5.97 Å². The number of nitrogens with one attached hydrogen (secondary N) is 1. The quantitative estimate of drug-likeness (QED) is 0.722. The molecule has 1 aromatic heterocycles. The highest BCUT2D eigenvalue weighted by atomic mass is 16.5.